The predicted molar refractivity (Wildman–Crippen MR) is 130 cm³/mol. The Morgan fingerprint density at radius 3 is 2.50 bits per heavy atom. The third-order valence-electron chi connectivity index (χ3n) is 5.79. The van der Waals surface area contributed by atoms with Gasteiger partial charge in [0.2, 0.25) is 0 Å². The molecule has 3 aromatic rings. The molecule has 2 aromatic heterocycles. The van der Waals surface area contributed by atoms with E-state index in [-0.39, 0.29) is 10.9 Å². The smallest absolute Gasteiger partial charge is 0.362 e. The van der Waals surface area contributed by atoms with Crippen molar-refractivity contribution in [3.8, 4) is 0 Å². The summed E-state index contributed by atoms with van der Waals surface area (Å²) < 4.78 is 43.0. The van der Waals surface area contributed by atoms with E-state index in [4.69, 9.17) is 23.8 Å². The van der Waals surface area contributed by atoms with Gasteiger partial charge in [-0.3, -0.25) is 9.36 Å². The van der Waals surface area contributed by atoms with Crippen LogP contribution >= 0.6 is 23.8 Å². The van der Waals surface area contributed by atoms with Gasteiger partial charge in [-0.2, -0.15) is 23.4 Å². The molecule has 0 amide bonds. The van der Waals surface area contributed by atoms with Gasteiger partial charge < -0.3 is 10.6 Å². The summed E-state index contributed by atoms with van der Waals surface area (Å²) in [4.78, 5) is 0. The zero-order valence-corrected chi connectivity index (χ0v) is 20.5. The maximum absolute atomic E-state index is 13.2. The van der Waals surface area contributed by atoms with Gasteiger partial charge in [-0.15, -0.1) is 0 Å². The fourth-order valence-electron chi connectivity index (χ4n) is 3.93. The van der Waals surface area contributed by atoms with Crippen molar-refractivity contribution < 1.29 is 13.2 Å². The fraction of sp³-hybridized carbons (Fsp3) is 0.435. The second kappa shape index (κ2) is 9.95. The molecule has 182 valence electrons. The van der Waals surface area contributed by atoms with Gasteiger partial charge >= 0.3 is 6.18 Å². The number of aryl methyl sites for hydroxylation is 2. The predicted octanol–water partition coefficient (Wildman–Crippen LogP) is 5.67. The first-order chi connectivity index (χ1) is 16.1. The van der Waals surface area contributed by atoms with Crippen molar-refractivity contribution in [3.63, 3.8) is 0 Å². The molecule has 1 aromatic carbocycles. The minimum Gasteiger partial charge on any atom is -0.362 e. The first-order valence-electron chi connectivity index (χ1n) is 11.1. The number of nitrogens with zero attached hydrogens (tertiary/aromatic N) is 4. The molecule has 6 nitrogen and oxygen atoms in total. The van der Waals surface area contributed by atoms with E-state index in [1.54, 1.807) is 0 Å². The lowest BCUT2D eigenvalue weighted by molar-refractivity contribution is -0.141. The first-order valence-corrected chi connectivity index (χ1v) is 11.9. The molecule has 34 heavy (non-hydrogen) atoms. The normalized spacial score (nSPS) is 13.8. The summed E-state index contributed by atoms with van der Waals surface area (Å²) in [7, 11) is 0. The van der Waals surface area contributed by atoms with E-state index in [9.17, 15) is 13.2 Å². The van der Waals surface area contributed by atoms with Crippen LogP contribution in [0.25, 0.3) is 0 Å². The standard InChI is InChI=1S/C23H26ClF3N6S/c1-14-19(15(2)33(30-14)13-16-7-4-3-5-8-16)29-22(34)28-11-6-12-32-20(17-9-10-17)18(24)21(31-32)23(25,26)27/h3-5,7-8,17H,6,9-13H2,1-2H3,(H2,28,29,34). The van der Waals surface area contributed by atoms with E-state index in [0.29, 0.717) is 36.9 Å². The van der Waals surface area contributed by atoms with Crippen molar-refractivity contribution in [2.75, 3.05) is 11.9 Å². The highest BCUT2D eigenvalue weighted by molar-refractivity contribution is 7.80. The summed E-state index contributed by atoms with van der Waals surface area (Å²) in [5.41, 5.74) is 3.28. The number of nitrogens with one attached hydrogen (secondary N) is 2. The van der Waals surface area contributed by atoms with Crippen molar-refractivity contribution >= 4 is 34.6 Å². The van der Waals surface area contributed by atoms with E-state index in [0.717, 1.165) is 35.5 Å². The highest BCUT2D eigenvalue weighted by Crippen LogP contribution is 2.46. The maximum atomic E-state index is 13.2. The molecule has 1 saturated carbocycles. The van der Waals surface area contributed by atoms with Gasteiger partial charge in [0.1, 0.15) is 0 Å². The largest absolute Gasteiger partial charge is 0.436 e. The maximum Gasteiger partial charge on any atom is 0.436 e. The average Bonchev–Trinajstić information content (AvgIpc) is 3.51. The van der Waals surface area contributed by atoms with Gasteiger partial charge in [-0.05, 0) is 50.9 Å². The Morgan fingerprint density at radius 2 is 1.85 bits per heavy atom. The minimum absolute atomic E-state index is 0.0603. The Labute approximate surface area is 206 Å². The Kier molecular flexibility index (Phi) is 7.18. The van der Waals surface area contributed by atoms with Crippen LogP contribution in [0.4, 0.5) is 18.9 Å². The first kappa shape index (κ1) is 24.5. The van der Waals surface area contributed by atoms with Gasteiger partial charge in [-0.25, -0.2) is 0 Å². The quantitative estimate of drug-likeness (QED) is 0.302. The van der Waals surface area contributed by atoms with Gasteiger partial charge in [0.25, 0.3) is 0 Å². The van der Waals surface area contributed by atoms with Crippen LogP contribution in [0.3, 0.4) is 0 Å². The topological polar surface area (TPSA) is 59.7 Å². The molecule has 2 N–H and O–H groups in total. The number of aromatic nitrogens is 4. The number of benzene rings is 1. The molecule has 0 radical (unpaired) electrons. The molecule has 1 aliphatic carbocycles. The lowest BCUT2D eigenvalue weighted by atomic mass is 10.2. The Balaban J connectivity index is 1.32. The summed E-state index contributed by atoms with van der Waals surface area (Å²) in [6, 6.07) is 10.1. The third-order valence-corrected chi connectivity index (χ3v) is 6.41. The number of rotatable bonds is 8. The van der Waals surface area contributed by atoms with Gasteiger partial charge in [0, 0.05) is 19.0 Å². The van der Waals surface area contributed by atoms with Gasteiger partial charge in [0.05, 0.1) is 34.3 Å². The van der Waals surface area contributed by atoms with E-state index in [1.807, 2.05) is 36.7 Å². The minimum atomic E-state index is -4.56. The summed E-state index contributed by atoms with van der Waals surface area (Å²) in [5, 5.41) is 14.9. The zero-order chi connectivity index (χ0) is 24.5. The second-order valence-corrected chi connectivity index (χ2v) is 9.25. The van der Waals surface area contributed by atoms with E-state index >= 15 is 0 Å². The van der Waals surface area contributed by atoms with Crippen LogP contribution in [-0.4, -0.2) is 31.2 Å². The second-order valence-electron chi connectivity index (χ2n) is 8.47. The van der Waals surface area contributed by atoms with Crippen LogP contribution in [0.5, 0.6) is 0 Å². The Hall–Kier alpha value is -2.59. The van der Waals surface area contributed by atoms with Gasteiger partial charge in [-0.1, -0.05) is 41.9 Å². The molecule has 0 saturated heterocycles. The number of hydrogen-bond acceptors (Lipinski definition) is 3. The van der Waals surface area contributed by atoms with Gasteiger partial charge in [0.15, 0.2) is 10.8 Å². The number of hydrogen-bond donors (Lipinski definition) is 2. The summed E-state index contributed by atoms with van der Waals surface area (Å²) in [6.45, 7) is 5.35. The highest BCUT2D eigenvalue weighted by atomic mass is 35.5. The van der Waals surface area contributed by atoms with Crippen LogP contribution in [0.1, 0.15) is 53.5 Å². The number of alkyl halides is 3. The summed E-state index contributed by atoms with van der Waals surface area (Å²) >= 11 is 11.5. The highest BCUT2D eigenvalue weighted by Gasteiger charge is 2.41. The lowest BCUT2D eigenvalue weighted by Crippen LogP contribution is -2.30. The molecular formula is C23H26ClF3N6S. The monoisotopic (exact) mass is 510 g/mol. The number of thiocarbonyl (C=S) groups is 1. The van der Waals surface area contributed by atoms with Crippen LogP contribution in [0.2, 0.25) is 5.02 Å². The van der Waals surface area contributed by atoms with Crippen molar-refractivity contribution in [1.82, 2.24) is 24.9 Å². The molecule has 0 bridgehead atoms. The number of anilines is 1. The molecule has 0 atom stereocenters. The van der Waals surface area contributed by atoms with E-state index < -0.39 is 11.9 Å². The molecule has 2 heterocycles. The van der Waals surface area contributed by atoms with Crippen LogP contribution in [0.15, 0.2) is 30.3 Å². The molecule has 0 aliphatic heterocycles. The SMILES string of the molecule is Cc1nn(Cc2ccccc2)c(C)c1NC(=S)NCCCn1nc(C(F)(F)F)c(Cl)c1C1CC1. The molecule has 4 rings (SSSR count). The molecule has 0 spiro atoms. The Bertz CT molecular complexity index is 1170. The van der Waals surface area contributed by atoms with E-state index in [2.05, 4.69) is 33.0 Å². The van der Waals surface area contributed by atoms with Crippen LogP contribution in [-0.2, 0) is 19.3 Å². The summed E-state index contributed by atoms with van der Waals surface area (Å²) in [5.74, 6) is 0.0603. The molecule has 11 heteroatoms. The molecule has 1 fully saturated rings. The zero-order valence-electron chi connectivity index (χ0n) is 18.9. The summed E-state index contributed by atoms with van der Waals surface area (Å²) in [6.07, 6.45) is -2.34. The van der Waals surface area contributed by atoms with Crippen molar-refractivity contribution in [3.05, 3.63) is 63.7 Å². The number of halogens is 4. The third kappa shape index (κ3) is 5.55. The van der Waals surface area contributed by atoms with Crippen LogP contribution in [0, 0.1) is 13.8 Å². The van der Waals surface area contributed by atoms with Crippen molar-refractivity contribution in [2.24, 2.45) is 0 Å². The molecular weight excluding hydrogens is 485 g/mol. The van der Waals surface area contributed by atoms with Crippen LogP contribution < -0.4 is 10.6 Å². The lowest BCUT2D eigenvalue weighted by Gasteiger charge is -2.12. The van der Waals surface area contributed by atoms with Crippen molar-refractivity contribution in [2.45, 2.75) is 58.3 Å². The fourth-order valence-corrected chi connectivity index (χ4v) is 4.53. The van der Waals surface area contributed by atoms with Crippen molar-refractivity contribution in [1.29, 1.82) is 0 Å². The average molecular weight is 511 g/mol. The Morgan fingerprint density at radius 1 is 1.15 bits per heavy atom. The molecule has 1 aliphatic rings. The molecule has 0 unspecified atom stereocenters. The van der Waals surface area contributed by atoms with E-state index in [1.165, 1.54) is 4.68 Å².